The van der Waals surface area contributed by atoms with Crippen LogP contribution in [-0.2, 0) is 15.9 Å². The van der Waals surface area contributed by atoms with Gasteiger partial charge in [0.25, 0.3) is 0 Å². The molecular formula is C18H19O2P. The molecule has 0 aromatic heterocycles. The summed E-state index contributed by atoms with van der Waals surface area (Å²) in [5.74, 6) is 0. The summed E-state index contributed by atoms with van der Waals surface area (Å²) >= 11 is 0. The lowest BCUT2D eigenvalue weighted by Gasteiger charge is -2.21. The van der Waals surface area contributed by atoms with E-state index in [-0.39, 0.29) is 5.66 Å². The first-order chi connectivity index (χ1) is 10.3. The Morgan fingerprint density at radius 3 is 2.38 bits per heavy atom. The van der Waals surface area contributed by atoms with E-state index >= 15 is 0 Å². The lowest BCUT2D eigenvalue weighted by molar-refractivity contribution is 0.127. The van der Waals surface area contributed by atoms with Gasteiger partial charge in [0.15, 0.2) is 0 Å². The number of hydrogen-bond donors (Lipinski definition) is 0. The highest BCUT2D eigenvalue weighted by molar-refractivity contribution is 7.73. The van der Waals surface area contributed by atoms with Crippen LogP contribution in [0.4, 0.5) is 0 Å². The maximum Gasteiger partial charge on any atom is 0.127 e. The van der Waals surface area contributed by atoms with Crippen LogP contribution >= 0.6 is 7.14 Å². The van der Waals surface area contributed by atoms with Crippen molar-refractivity contribution in [1.29, 1.82) is 0 Å². The highest BCUT2D eigenvalue weighted by Gasteiger charge is 2.35. The van der Waals surface area contributed by atoms with Crippen molar-refractivity contribution in [3.8, 4) is 0 Å². The van der Waals surface area contributed by atoms with Crippen LogP contribution < -0.4 is 5.30 Å². The van der Waals surface area contributed by atoms with Gasteiger partial charge in [0.2, 0.25) is 0 Å². The van der Waals surface area contributed by atoms with E-state index in [4.69, 9.17) is 4.74 Å². The summed E-state index contributed by atoms with van der Waals surface area (Å²) in [5, 5.41) is 0.961. The van der Waals surface area contributed by atoms with Gasteiger partial charge in [0.1, 0.15) is 7.14 Å². The minimum absolute atomic E-state index is 0.00334. The first-order valence-electron chi connectivity index (χ1n) is 7.22. The molecule has 1 aliphatic rings. The number of rotatable bonds is 5. The summed E-state index contributed by atoms with van der Waals surface area (Å²) in [7, 11) is -2.39. The largest absolute Gasteiger partial charge is 0.376 e. The molecule has 0 saturated carbocycles. The summed E-state index contributed by atoms with van der Waals surface area (Å²) in [6.45, 7) is 1.08. The molecule has 2 atom stereocenters. The maximum absolute atomic E-state index is 13.2. The van der Waals surface area contributed by atoms with Crippen LogP contribution in [-0.4, -0.2) is 18.4 Å². The Morgan fingerprint density at radius 2 is 1.67 bits per heavy atom. The lowest BCUT2D eigenvalue weighted by Crippen LogP contribution is -2.19. The Bertz CT molecular complexity index is 649. The molecule has 0 spiro atoms. The quantitative estimate of drug-likeness (QED) is 0.619. The lowest BCUT2D eigenvalue weighted by atomic mass is 10.2. The molecular weight excluding hydrogens is 279 g/mol. The summed E-state index contributed by atoms with van der Waals surface area (Å²) in [5.41, 5.74) is 1.15. The summed E-state index contributed by atoms with van der Waals surface area (Å²) in [6, 6.07) is 19.9. The van der Waals surface area contributed by atoms with E-state index in [1.54, 1.807) is 0 Å². The third kappa shape index (κ3) is 3.18. The Hall–Kier alpha value is -1.63. The molecule has 0 fully saturated rings. The summed E-state index contributed by atoms with van der Waals surface area (Å²) in [4.78, 5) is 0. The van der Waals surface area contributed by atoms with Gasteiger partial charge in [-0.15, -0.1) is 0 Å². The van der Waals surface area contributed by atoms with Gasteiger partial charge >= 0.3 is 0 Å². The van der Waals surface area contributed by atoms with E-state index in [0.29, 0.717) is 19.4 Å². The SMILES string of the molecule is O=[P@@]1(c2ccccc2)CC=C[C@H]1COCc1ccccc1. The predicted molar refractivity (Wildman–Crippen MR) is 87.6 cm³/mol. The van der Waals surface area contributed by atoms with E-state index in [1.165, 1.54) is 0 Å². The molecule has 2 nitrogen and oxygen atoms in total. The van der Waals surface area contributed by atoms with E-state index in [9.17, 15) is 4.57 Å². The van der Waals surface area contributed by atoms with Crippen molar-refractivity contribution >= 4 is 12.4 Å². The molecule has 0 saturated heterocycles. The highest BCUT2D eigenvalue weighted by atomic mass is 31.2. The van der Waals surface area contributed by atoms with Gasteiger partial charge < -0.3 is 9.30 Å². The molecule has 0 bridgehead atoms. The van der Waals surface area contributed by atoms with Crippen molar-refractivity contribution in [3.05, 3.63) is 78.4 Å². The molecule has 0 N–H and O–H groups in total. The molecule has 3 rings (SSSR count). The summed E-state index contributed by atoms with van der Waals surface area (Å²) in [6.07, 6.45) is 4.74. The first-order valence-corrected chi connectivity index (χ1v) is 9.18. The van der Waals surface area contributed by atoms with E-state index < -0.39 is 7.14 Å². The average molecular weight is 298 g/mol. The smallest absolute Gasteiger partial charge is 0.127 e. The van der Waals surface area contributed by atoms with Gasteiger partial charge in [0.05, 0.1) is 18.9 Å². The van der Waals surface area contributed by atoms with E-state index in [1.807, 2.05) is 66.7 Å². The molecule has 0 amide bonds. The average Bonchev–Trinajstić information content (AvgIpc) is 2.92. The predicted octanol–water partition coefficient (Wildman–Crippen LogP) is 3.83. The van der Waals surface area contributed by atoms with E-state index in [0.717, 1.165) is 10.9 Å². The van der Waals surface area contributed by atoms with Crippen LogP contribution in [0, 0.1) is 0 Å². The molecule has 0 aliphatic carbocycles. The van der Waals surface area contributed by atoms with Crippen molar-refractivity contribution in [1.82, 2.24) is 0 Å². The van der Waals surface area contributed by atoms with Crippen molar-refractivity contribution in [2.75, 3.05) is 12.8 Å². The molecule has 2 aromatic carbocycles. The molecule has 0 radical (unpaired) electrons. The zero-order chi connectivity index (χ0) is 14.5. The molecule has 1 aliphatic heterocycles. The molecule has 21 heavy (non-hydrogen) atoms. The Morgan fingerprint density at radius 1 is 1.00 bits per heavy atom. The topological polar surface area (TPSA) is 26.3 Å². The number of ether oxygens (including phenoxy) is 1. The zero-order valence-corrected chi connectivity index (χ0v) is 12.8. The van der Waals surface area contributed by atoms with Crippen LogP contribution in [0.2, 0.25) is 0 Å². The fourth-order valence-corrected chi connectivity index (χ4v) is 5.40. The monoisotopic (exact) mass is 298 g/mol. The second-order valence-corrected chi connectivity index (χ2v) is 8.45. The minimum Gasteiger partial charge on any atom is -0.376 e. The second-order valence-electron chi connectivity index (χ2n) is 5.31. The fraction of sp³-hybridized carbons (Fsp3) is 0.222. The van der Waals surface area contributed by atoms with E-state index in [2.05, 4.69) is 6.08 Å². The van der Waals surface area contributed by atoms with Crippen molar-refractivity contribution in [3.63, 3.8) is 0 Å². The fourth-order valence-electron chi connectivity index (χ4n) is 2.67. The molecule has 3 heteroatoms. The number of hydrogen-bond acceptors (Lipinski definition) is 2. The second kappa shape index (κ2) is 6.43. The van der Waals surface area contributed by atoms with Crippen LogP contribution in [0.25, 0.3) is 0 Å². The van der Waals surface area contributed by atoms with Crippen LogP contribution in [0.3, 0.4) is 0 Å². The van der Waals surface area contributed by atoms with Gasteiger partial charge in [-0.1, -0.05) is 72.8 Å². The minimum atomic E-state index is -2.39. The molecule has 108 valence electrons. The summed E-state index contributed by atoms with van der Waals surface area (Å²) < 4.78 is 19.0. The van der Waals surface area contributed by atoms with Gasteiger partial charge in [-0.2, -0.15) is 0 Å². The van der Waals surface area contributed by atoms with Gasteiger partial charge in [-0.25, -0.2) is 0 Å². The first kappa shape index (κ1) is 14.3. The normalized spacial score (nSPS) is 24.3. The van der Waals surface area contributed by atoms with Crippen molar-refractivity contribution < 1.29 is 9.30 Å². The maximum atomic E-state index is 13.2. The van der Waals surface area contributed by atoms with Gasteiger partial charge in [-0.3, -0.25) is 0 Å². The van der Waals surface area contributed by atoms with Gasteiger partial charge in [-0.05, 0) is 5.56 Å². The molecule has 0 unspecified atom stereocenters. The Balaban J connectivity index is 1.65. The third-order valence-electron chi connectivity index (χ3n) is 3.86. The standard InChI is InChI=1S/C18H19O2P/c19-21(17-10-5-2-6-11-17)13-7-12-18(21)15-20-14-16-8-3-1-4-9-16/h1-12,18H,13-15H2/t18-,21+/m0/s1. The number of allylic oxidation sites excluding steroid dienone is 1. The highest BCUT2D eigenvalue weighted by Crippen LogP contribution is 2.53. The molecule has 2 aromatic rings. The molecule has 1 heterocycles. The van der Waals surface area contributed by atoms with Crippen LogP contribution in [0.15, 0.2) is 72.8 Å². The number of benzene rings is 2. The van der Waals surface area contributed by atoms with Crippen LogP contribution in [0.5, 0.6) is 0 Å². The Kier molecular flexibility index (Phi) is 4.38. The van der Waals surface area contributed by atoms with Crippen molar-refractivity contribution in [2.24, 2.45) is 0 Å². The Labute approximate surface area is 125 Å². The van der Waals surface area contributed by atoms with Crippen LogP contribution in [0.1, 0.15) is 5.56 Å². The third-order valence-corrected chi connectivity index (χ3v) is 7.18. The van der Waals surface area contributed by atoms with Gasteiger partial charge in [0, 0.05) is 11.5 Å². The zero-order valence-electron chi connectivity index (χ0n) is 11.9. The van der Waals surface area contributed by atoms with Crippen molar-refractivity contribution in [2.45, 2.75) is 12.3 Å².